The summed E-state index contributed by atoms with van der Waals surface area (Å²) in [6, 6.07) is 19.7. The van der Waals surface area contributed by atoms with Gasteiger partial charge in [0.2, 0.25) is 0 Å². The van der Waals surface area contributed by atoms with Crippen LogP contribution >= 0.6 is 12.2 Å². The Morgan fingerprint density at radius 3 is 2.31 bits per heavy atom. The monoisotopic (exact) mass is 499 g/mol. The molecule has 0 aromatic heterocycles. The van der Waals surface area contributed by atoms with Crippen molar-refractivity contribution in [2.45, 2.75) is 51.7 Å². The number of carbonyl (C=O) groups is 1. The lowest BCUT2D eigenvalue weighted by molar-refractivity contribution is -0.123. The summed E-state index contributed by atoms with van der Waals surface area (Å²) < 4.78 is 21.1. The van der Waals surface area contributed by atoms with Crippen LogP contribution in [-0.2, 0) is 4.79 Å². The highest BCUT2D eigenvalue weighted by Gasteiger charge is 2.59. The number of ether oxygens (including phenoxy) is 1. The van der Waals surface area contributed by atoms with Gasteiger partial charge in [0.25, 0.3) is 5.91 Å². The summed E-state index contributed by atoms with van der Waals surface area (Å²) in [6.07, 6.45) is 2.26. The topological polar surface area (TPSA) is 56.6 Å². The second kappa shape index (κ2) is 9.03. The lowest BCUT2D eigenvalue weighted by atomic mass is 9.75. The van der Waals surface area contributed by atoms with E-state index in [1.54, 1.807) is 24.3 Å². The van der Waals surface area contributed by atoms with E-state index in [4.69, 9.17) is 17.0 Å². The van der Waals surface area contributed by atoms with Crippen LogP contribution in [0.25, 0.3) is 11.1 Å². The summed E-state index contributed by atoms with van der Waals surface area (Å²) in [5, 5.41) is 9.60. The van der Waals surface area contributed by atoms with Crippen LogP contribution < -0.4 is 14.5 Å². The van der Waals surface area contributed by atoms with Gasteiger partial charge in [-0.05, 0) is 112 Å². The number of thiocarbonyl (C=S) groups is 1. The van der Waals surface area contributed by atoms with E-state index in [2.05, 4.69) is 6.07 Å². The van der Waals surface area contributed by atoms with Gasteiger partial charge < -0.3 is 9.64 Å². The molecule has 1 spiro atoms. The molecule has 1 saturated carbocycles. The van der Waals surface area contributed by atoms with E-state index < -0.39 is 5.54 Å². The van der Waals surface area contributed by atoms with Crippen LogP contribution in [0.1, 0.15) is 44.2 Å². The molecule has 3 aromatic carbocycles. The Kier molecular flexibility index (Phi) is 6.01. The van der Waals surface area contributed by atoms with Gasteiger partial charge in [0.05, 0.1) is 23.4 Å². The molecular weight excluding hydrogens is 473 g/mol. The molecule has 0 N–H and O–H groups in total. The molecule has 1 amide bonds. The molecule has 2 fully saturated rings. The van der Waals surface area contributed by atoms with Gasteiger partial charge in [-0.3, -0.25) is 9.69 Å². The molecule has 0 bridgehead atoms. The number of benzene rings is 3. The molecule has 3 aromatic rings. The fraction of sp³-hybridized carbons (Fsp3) is 0.276. The number of nitriles is 1. The zero-order valence-electron chi connectivity index (χ0n) is 20.4. The number of aryl methyl sites for hydroxylation is 1. The fourth-order valence-corrected chi connectivity index (χ4v) is 5.45. The largest absolute Gasteiger partial charge is 0.491 e. The second-order valence-electron chi connectivity index (χ2n) is 9.61. The van der Waals surface area contributed by atoms with Crippen LogP contribution in [-0.4, -0.2) is 22.7 Å². The number of carbonyl (C=O) groups excluding carboxylic acids is 1. The third kappa shape index (κ3) is 3.82. The molecule has 5 nitrogen and oxygen atoms in total. The van der Waals surface area contributed by atoms with Crippen LogP contribution in [0.2, 0.25) is 0 Å². The van der Waals surface area contributed by atoms with Crippen molar-refractivity contribution in [2.24, 2.45) is 0 Å². The summed E-state index contributed by atoms with van der Waals surface area (Å²) in [5.74, 6) is 0.243. The average Bonchev–Trinajstić information content (AvgIpc) is 3.06. The molecule has 1 heterocycles. The van der Waals surface area contributed by atoms with E-state index in [1.165, 1.54) is 11.0 Å². The molecule has 36 heavy (non-hydrogen) atoms. The van der Waals surface area contributed by atoms with Crippen molar-refractivity contribution in [3.63, 3.8) is 0 Å². The van der Waals surface area contributed by atoms with E-state index in [-0.39, 0.29) is 17.8 Å². The predicted molar refractivity (Wildman–Crippen MR) is 143 cm³/mol. The Balaban J connectivity index is 1.49. The molecule has 1 aliphatic carbocycles. The van der Waals surface area contributed by atoms with Gasteiger partial charge in [-0.2, -0.15) is 5.26 Å². The number of amides is 1. The van der Waals surface area contributed by atoms with Gasteiger partial charge in [-0.25, -0.2) is 4.39 Å². The third-order valence-electron chi connectivity index (χ3n) is 6.93. The molecule has 182 valence electrons. The van der Waals surface area contributed by atoms with Crippen molar-refractivity contribution in [2.75, 3.05) is 9.80 Å². The van der Waals surface area contributed by atoms with Crippen LogP contribution in [0.5, 0.6) is 5.75 Å². The maximum atomic E-state index is 15.4. The fourth-order valence-electron chi connectivity index (χ4n) is 4.98. The molecule has 1 saturated heterocycles. The predicted octanol–water partition coefficient (Wildman–Crippen LogP) is 6.52. The highest BCUT2D eigenvalue weighted by molar-refractivity contribution is 7.81. The second-order valence-corrected chi connectivity index (χ2v) is 9.97. The molecule has 5 rings (SSSR count). The lowest BCUT2D eigenvalue weighted by Crippen LogP contribution is -2.55. The van der Waals surface area contributed by atoms with Gasteiger partial charge in [0.1, 0.15) is 17.1 Å². The Morgan fingerprint density at radius 1 is 1.06 bits per heavy atom. The first-order valence-electron chi connectivity index (χ1n) is 12.0. The summed E-state index contributed by atoms with van der Waals surface area (Å²) in [7, 11) is 0. The lowest BCUT2D eigenvalue weighted by Gasteiger charge is -2.43. The quantitative estimate of drug-likeness (QED) is 0.374. The van der Waals surface area contributed by atoms with E-state index in [0.717, 1.165) is 23.3 Å². The number of nitrogens with zero attached hydrogens (tertiary/aromatic N) is 3. The smallest absolute Gasteiger partial charge is 0.259 e. The molecule has 0 radical (unpaired) electrons. The summed E-state index contributed by atoms with van der Waals surface area (Å²) in [6.45, 7) is 5.74. The SMILES string of the molecule is Cc1cc(N2C(=O)C3(CCC3)N(c3ccc(-c4ccc(OC(C)C)cc4)c(F)c3)C2=S)ccc1C#N. The molecular formula is C29H26FN3O2S. The van der Waals surface area contributed by atoms with Crippen molar-refractivity contribution < 1.29 is 13.9 Å². The Morgan fingerprint density at radius 2 is 1.75 bits per heavy atom. The maximum Gasteiger partial charge on any atom is 0.259 e. The number of hydrogen-bond acceptors (Lipinski definition) is 4. The van der Waals surface area contributed by atoms with Crippen LogP contribution in [0.3, 0.4) is 0 Å². The van der Waals surface area contributed by atoms with E-state index in [1.807, 2.05) is 56.0 Å². The van der Waals surface area contributed by atoms with Crippen molar-refractivity contribution >= 4 is 34.6 Å². The zero-order chi connectivity index (χ0) is 25.6. The minimum atomic E-state index is -0.803. The Labute approximate surface area is 215 Å². The van der Waals surface area contributed by atoms with Crippen LogP contribution in [0.15, 0.2) is 60.7 Å². The first-order valence-corrected chi connectivity index (χ1v) is 12.4. The minimum absolute atomic E-state index is 0.0606. The molecule has 0 unspecified atom stereocenters. The minimum Gasteiger partial charge on any atom is -0.491 e. The Bertz CT molecular complexity index is 1410. The van der Waals surface area contributed by atoms with E-state index in [0.29, 0.717) is 40.5 Å². The van der Waals surface area contributed by atoms with E-state index in [9.17, 15) is 10.1 Å². The highest BCUT2D eigenvalue weighted by Crippen LogP contribution is 2.48. The van der Waals surface area contributed by atoms with Gasteiger partial charge in [-0.1, -0.05) is 12.1 Å². The summed E-state index contributed by atoms with van der Waals surface area (Å²) >= 11 is 5.80. The molecule has 2 aliphatic rings. The normalized spacial score (nSPS) is 16.4. The van der Waals surface area contributed by atoms with Crippen molar-refractivity contribution in [3.05, 3.63) is 77.6 Å². The van der Waals surface area contributed by atoms with Gasteiger partial charge in [0.15, 0.2) is 5.11 Å². The van der Waals surface area contributed by atoms with Gasteiger partial charge >= 0.3 is 0 Å². The highest BCUT2D eigenvalue weighted by atomic mass is 32.1. The van der Waals surface area contributed by atoms with Crippen molar-refractivity contribution in [1.29, 1.82) is 5.26 Å². The zero-order valence-corrected chi connectivity index (χ0v) is 21.2. The van der Waals surface area contributed by atoms with Gasteiger partial charge in [-0.15, -0.1) is 0 Å². The van der Waals surface area contributed by atoms with Gasteiger partial charge in [0, 0.05) is 11.3 Å². The number of anilines is 2. The number of rotatable bonds is 5. The first kappa shape index (κ1) is 24.0. The maximum absolute atomic E-state index is 15.4. The average molecular weight is 500 g/mol. The molecule has 7 heteroatoms. The first-order chi connectivity index (χ1) is 17.2. The number of hydrogen-bond donors (Lipinski definition) is 0. The number of halogens is 1. The van der Waals surface area contributed by atoms with Crippen molar-refractivity contribution in [3.8, 4) is 22.9 Å². The summed E-state index contributed by atoms with van der Waals surface area (Å²) in [5.41, 5.74) is 2.90. The standard InChI is InChI=1S/C29H26FN3O2S/c1-18(2)35-24-10-6-20(7-11-24)25-12-9-23(16-26(25)30)33-28(36)32(27(34)29(33)13-4-14-29)22-8-5-21(17-31)19(3)15-22/h5-12,15-16,18H,4,13-14H2,1-3H3. The van der Waals surface area contributed by atoms with Crippen molar-refractivity contribution in [1.82, 2.24) is 0 Å². The third-order valence-corrected chi connectivity index (χ3v) is 7.29. The van der Waals surface area contributed by atoms with Crippen LogP contribution in [0, 0.1) is 24.1 Å². The Hall–Kier alpha value is -3.76. The van der Waals surface area contributed by atoms with Crippen LogP contribution in [0.4, 0.5) is 15.8 Å². The molecule has 1 aliphatic heterocycles. The summed E-state index contributed by atoms with van der Waals surface area (Å²) in [4.78, 5) is 17.0. The molecule has 0 atom stereocenters. The van der Waals surface area contributed by atoms with E-state index >= 15 is 4.39 Å².